The molecule has 0 bridgehead atoms. The minimum Gasteiger partial charge on any atom is -0.348 e. The molecule has 3 aromatic rings. The van der Waals surface area contributed by atoms with E-state index in [1.165, 1.54) is 16.0 Å². The Labute approximate surface area is 146 Å². The topological polar surface area (TPSA) is 46.9 Å². The third-order valence-electron chi connectivity index (χ3n) is 3.96. The van der Waals surface area contributed by atoms with E-state index in [2.05, 4.69) is 40.9 Å². The number of rotatable bonds is 6. The van der Waals surface area contributed by atoms with Gasteiger partial charge >= 0.3 is 0 Å². The first-order valence-corrected chi connectivity index (χ1v) is 8.84. The van der Waals surface area contributed by atoms with E-state index < -0.39 is 0 Å². The second-order valence-corrected chi connectivity index (χ2v) is 6.92. The number of aryl methyl sites for hydroxylation is 2. The fourth-order valence-electron chi connectivity index (χ4n) is 2.79. The zero-order valence-corrected chi connectivity index (χ0v) is 14.7. The third-order valence-corrected chi connectivity index (χ3v) is 5.09. The maximum atomic E-state index is 12.5. The number of carbonyl (C=O) groups is 1. The zero-order valence-electron chi connectivity index (χ0n) is 13.9. The lowest BCUT2D eigenvalue weighted by Crippen LogP contribution is -2.31. The first-order valence-electron chi connectivity index (χ1n) is 7.96. The molecule has 1 aromatic carbocycles. The van der Waals surface area contributed by atoms with Crippen LogP contribution in [0.4, 0.5) is 0 Å². The minimum absolute atomic E-state index is 0.00317. The number of hydrogen-bond acceptors (Lipinski definition) is 3. The normalized spacial score (nSPS) is 12.1. The van der Waals surface area contributed by atoms with Crippen molar-refractivity contribution >= 4 is 17.2 Å². The molecule has 3 rings (SSSR count). The molecule has 0 fully saturated rings. The average molecular weight is 339 g/mol. The van der Waals surface area contributed by atoms with E-state index in [-0.39, 0.29) is 11.9 Å². The Bertz CT molecular complexity index is 807. The van der Waals surface area contributed by atoms with Gasteiger partial charge in [0.2, 0.25) is 5.91 Å². The number of nitrogens with zero attached hydrogens (tertiary/aromatic N) is 2. The maximum Gasteiger partial charge on any atom is 0.225 e. The highest BCUT2D eigenvalue weighted by atomic mass is 32.1. The first kappa shape index (κ1) is 16.5. The lowest BCUT2D eigenvalue weighted by atomic mass is 10.0. The molecule has 0 radical (unpaired) electrons. The minimum atomic E-state index is -0.00317. The van der Waals surface area contributed by atoms with E-state index in [1.807, 2.05) is 31.4 Å². The van der Waals surface area contributed by atoms with Gasteiger partial charge in [-0.1, -0.05) is 30.3 Å². The molecule has 0 saturated heterocycles. The smallest absolute Gasteiger partial charge is 0.225 e. The molecule has 4 nitrogen and oxygen atoms in total. The summed E-state index contributed by atoms with van der Waals surface area (Å²) in [5.74, 6) is 0.0248. The van der Waals surface area contributed by atoms with Gasteiger partial charge in [0, 0.05) is 18.1 Å². The summed E-state index contributed by atoms with van der Waals surface area (Å²) in [6.45, 7) is 2.09. The van der Waals surface area contributed by atoms with Crippen molar-refractivity contribution in [3.05, 3.63) is 75.7 Å². The van der Waals surface area contributed by atoms with E-state index in [1.54, 1.807) is 22.2 Å². The van der Waals surface area contributed by atoms with Crippen molar-refractivity contribution in [3.63, 3.8) is 0 Å². The van der Waals surface area contributed by atoms with E-state index in [9.17, 15) is 4.79 Å². The molecule has 1 amide bonds. The lowest BCUT2D eigenvalue weighted by molar-refractivity contribution is -0.121. The second kappa shape index (κ2) is 7.45. The molecule has 0 saturated carbocycles. The van der Waals surface area contributed by atoms with Gasteiger partial charge < -0.3 is 5.32 Å². The number of amides is 1. The number of aromatic nitrogens is 2. The largest absolute Gasteiger partial charge is 0.348 e. The highest BCUT2D eigenvalue weighted by Crippen LogP contribution is 2.27. The maximum absolute atomic E-state index is 12.5. The Morgan fingerprint density at radius 1 is 1.25 bits per heavy atom. The van der Waals surface area contributed by atoms with Crippen molar-refractivity contribution in [2.24, 2.45) is 7.05 Å². The van der Waals surface area contributed by atoms with Crippen LogP contribution in [-0.4, -0.2) is 15.7 Å². The second-order valence-electron chi connectivity index (χ2n) is 5.98. The summed E-state index contributed by atoms with van der Waals surface area (Å²) in [5.41, 5.74) is 3.37. The molecule has 5 heteroatoms. The van der Waals surface area contributed by atoms with Crippen LogP contribution in [0.2, 0.25) is 0 Å². The van der Waals surface area contributed by atoms with Gasteiger partial charge in [-0.3, -0.25) is 9.48 Å². The van der Waals surface area contributed by atoms with E-state index in [0.717, 1.165) is 12.0 Å². The van der Waals surface area contributed by atoms with Crippen LogP contribution in [0.3, 0.4) is 0 Å². The van der Waals surface area contributed by atoms with Crippen molar-refractivity contribution in [3.8, 4) is 0 Å². The molecule has 0 aliphatic rings. The Morgan fingerprint density at radius 3 is 2.67 bits per heavy atom. The summed E-state index contributed by atoms with van der Waals surface area (Å²) in [7, 11) is 1.86. The van der Waals surface area contributed by atoms with Crippen LogP contribution in [0.5, 0.6) is 0 Å². The summed E-state index contributed by atoms with van der Waals surface area (Å²) in [5, 5.41) is 9.40. The summed E-state index contributed by atoms with van der Waals surface area (Å²) < 4.78 is 1.72. The predicted octanol–water partition coefficient (Wildman–Crippen LogP) is 3.43. The van der Waals surface area contributed by atoms with Gasteiger partial charge in [-0.15, -0.1) is 11.3 Å². The number of nitrogens with one attached hydrogen (secondary N) is 1. The van der Waals surface area contributed by atoms with Crippen LogP contribution < -0.4 is 5.32 Å². The molecular formula is C19H21N3OS. The number of thiophene rings is 1. The first-order chi connectivity index (χ1) is 11.6. The highest BCUT2D eigenvalue weighted by Gasteiger charge is 2.19. The van der Waals surface area contributed by atoms with Gasteiger partial charge in [0.05, 0.1) is 18.7 Å². The van der Waals surface area contributed by atoms with Gasteiger partial charge in [-0.25, -0.2) is 0 Å². The van der Waals surface area contributed by atoms with Crippen LogP contribution in [0.15, 0.2) is 54.2 Å². The third kappa shape index (κ3) is 4.11. The fraction of sp³-hybridized carbons (Fsp3) is 0.263. The molecule has 124 valence electrons. The molecule has 0 unspecified atom stereocenters. The predicted molar refractivity (Wildman–Crippen MR) is 97.0 cm³/mol. The fourth-order valence-corrected chi connectivity index (χ4v) is 3.77. The number of hydrogen-bond donors (Lipinski definition) is 1. The van der Waals surface area contributed by atoms with Crippen LogP contribution in [0.25, 0.3) is 0 Å². The van der Waals surface area contributed by atoms with E-state index in [0.29, 0.717) is 6.42 Å². The monoisotopic (exact) mass is 339 g/mol. The molecule has 1 atom stereocenters. The van der Waals surface area contributed by atoms with Crippen molar-refractivity contribution in [2.75, 3.05) is 0 Å². The Morgan fingerprint density at radius 2 is 2.04 bits per heavy atom. The van der Waals surface area contributed by atoms with Gasteiger partial charge in [0.1, 0.15) is 0 Å². The van der Waals surface area contributed by atoms with Crippen LogP contribution in [0.1, 0.15) is 27.6 Å². The molecule has 0 spiro atoms. The number of carbonyl (C=O) groups excluding carboxylic acids is 1. The zero-order chi connectivity index (χ0) is 16.9. The van der Waals surface area contributed by atoms with Crippen molar-refractivity contribution in [1.29, 1.82) is 0 Å². The van der Waals surface area contributed by atoms with Gasteiger partial charge in [0.25, 0.3) is 0 Å². The molecular weight excluding hydrogens is 318 g/mol. The Balaban J connectivity index is 1.74. The molecule has 2 aromatic heterocycles. The van der Waals surface area contributed by atoms with Crippen LogP contribution >= 0.6 is 11.3 Å². The molecule has 2 heterocycles. The molecule has 0 aliphatic carbocycles. The summed E-state index contributed by atoms with van der Waals surface area (Å²) in [6, 6.07) is 12.4. The summed E-state index contributed by atoms with van der Waals surface area (Å²) in [6.07, 6.45) is 4.76. The Hall–Kier alpha value is -2.40. The summed E-state index contributed by atoms with van der Waals surface area (Å²) >= 11 is 1.70. The van der Waals surface area contributed by atoms with E-state index >= 15 is 0 Å². The quantitative estimate of drug-likeness (QED) is 0.748. The SMILES string of the molecule is Cc1ccsc1[C@@H](Cc1ccccc1)NC(=O)Cc1cnn(C)c1. The van der Waals surface area contributed by atoms with Crippen molar-refractivity contribution in [1.82, 2.24) is 15.1 Å². The standard InChI is InChI=1S/C19H21N3OS/c1-14-8-9-24-19(14)17(10-15-6-4-3-5-7-15)21-18(23)11-16-12-20-22(2)13-16/h3-9,12-13,17H,10-11H2,1-2H3,(H,21,23)/t17-/m1/s1. The average Bonchev–Trinajstić information content (AvgIpc) is 3.16. The van der Waals surface area contributed by atoms with Crippen LogP contribution in [0, 0.1) is 6.92 Å². The van der Waals surface area contributed by atoms with Crippen LogP contribution in [-0.2, 0) is 24.7 Å². The molecule has 0 aliphatic heterocycles. The Kier molecular flexibility index (Phi) is 5.11. The molecule has 1 N–H and O–H groups in total. The summed E-state index contributed by atoms with van der Waals surface area (Å²) in [4.78, 5) is 13.7. The van der Waals surface area contributed by atoms with Gasteiger partial charge in [-0.2, -0.15) is 5.10 Å². The molecule has 24 heavy (non-hydrogen) atoms. The highest BCUT2D eigenvalue weighted by molar-refractivity contribution is 7.10. The lowest BCUT2D eigenvalue weighted by Gasteiger charge is -2.19. The number of benzene rings is 1. The van der Waals surface area contributed by atoms with Gasteiger partial charge in [0.15, 0.2) is 0 Å². The van der Waals surface area contributed by atoms with Crippen molar-refractivity contribution < 1.29 is 4.79 Å². The van der Waals surface area contributed by atoms with Crippen molar-refractivity contribution in [2.45, 2.75) is 25.8 Å². The van der Waals surface area contributed by atoms with E-state index in [4.69, 9.17) is 0 Å². The van der Waals surface area contributed by atoms with Gasteiger partial charge in [-0.05, 0) is 41.5 Å².